The monoisotopic (exact) mass is 516 g/mol. The first-order chi connectivity index (χ1) is 17.7. The first-order valence-corrected chi connectivity index (χ1v) is 14.5. The number of rotatable bonds is 14. The van der Waals surface area contributed by atoms with E-state index in [2.05, 4.69) is 48.2 Å². The number of anilines is 3. The minimum atomic E-state index is 0.210. The van der Waals surface area contributed by atoms with Crippen LogP contribution in [0.25, 0.3) is 0 Å². The second kappa shape index (κ2) is 14.7. The lowest BCUT2D eigenvalue weighted by Gasteiger charge is -2.35. The molecule has 2 aromatic heterocycles. The molecule has 2 aliphatic rings. The normalized spacial score (nSPS) is 21.1. The van der Waals surface area contributed by atoms with E-state index in [0.29, 0.717) is 17.7 Å². The number of nitrogen functional groups attached to an aromatic ring is 1. The van der Waals surface area contributed by atoms with E-state index in [1.807, 2.05) is 17.4 Å². The van der Waals surface area contributed by atoms with Gasteiger partial charge in [0.15, 0.2) is 0 Å². The predicted octanol–water partition coefficient (Wildman–Crippen LogP) is 2.22. The number of nitrogens with two attached hydrogens (primary N) is 1. The Balaban J connectivity index is 1.08. The fourth-order valence-corrected chi connectivity index (χ4v) is 5.85. The van der Waals surface area contributed by atoms with Crippen LogP contribution in [0.5, 0.6) is 0 Å². The number of nitrogens with one attached hydrogen (secondary N) is 3. The Morgan fingerprint density at radius 1 is 1.00 bits per heavy atom. The molecule has 0 amide bonds. The summed E-state index contributed by atoms with van der Waals surface area (Å²) in [6.45, 7) is 9.76. The maximum absolute atomic E-state index is 9.15. The molecule has 0 atom stereocenters. The van der Waals surface area contributed by atoms with Crippen LogP contribution in [0.3, 0.4) is 0 Å². The van der Waals surface area contributed by atoms with Crippen molar-refractivity contribution in [2.45, 2.75) is 38.6 Å². The minimum Gasteiger partial charge on any atom is -0.395 e. The van der Waals surface area contributed by atoms with Crippen LogP contribution < -0.4 is 26.6 Å². The van der Waals surface area contributed by atoms with Crippen LogP contribution in [0.15, 0.2) is 23.6 Å². The zero-order valence-electron chi connectivity index (χ0n) is 21.5. The molecule has 1 aliphatic heterocycles. The SMILES string of the molecule is Nc1cc(N2CCN(CCO)CC2)nc(NCC2CCC(CNCCCNCc3cccs3)CC2)n1. The maximum Gasteiger partial charge on any atom is 0.226 e. The van der Waals surface area contributed by atoms with Crippen molar-refractivity contribution >= 4 is 28.9 Å². The van der Waals surface area contributed by atoms with Crippen LogP contribution in [-0.2, 0) is 6.54 Å². The van der Waals surface area contributed by atoms with Crippen molar-refractivity contribution in [3.05, 3.63) is 28.5 Å². The highest BCUT2D eigenvalue weighted by molar-refractivity contribution is 7.09. The van der Waals surface area contributed by atoms with E-state index in [4.69, 9.17) is 15.8 Å². The Morgan fingerprint density at radius 2 is 1.75 bits per heavy atom. The highest BCUT2D eigenvalue weighted by Crippen LogP contribution is 2.28. The highest BCUT2D eigenvalue weighted by atomic mass is 32.1. The average molecular weight is 517 g/mol. The standard InChI is InChI=1S/C26H44N8OS/c27-24-17-25(34-12-10-33(11-13-34)14-15-35)32-26(31-24)30-19-22-6-4-21(5-7-22)18-28-8-2-9-29-20-23-3-1-16-36-23/h1,3,16-17,21-22,28-29,35H,2,4-15,18-20H2,(H3,27,30,31,32). The first-order valence-electron chi connectivity index (χ1n) is 13.6. The average Bonchev–Trinajstić information content (AvgIpc) is 3.42. The molecule has 6 N–H and O–H groups in total. The van der Waals surface area contributed by atoms with E-state index < -0.39 is 0 Å². The fourth-order valence-electron chi connectivity index (χ4n) is 5.18. The molecule has 2 aromatic rings. The summed E-state index contributed by atoms with van der Waals surface area (Å²) in [6.07, 6.45) is 6.26. The van der Waals surface area contributed by atoms with E-state index in [1.54, 1.807) is 0 Å². The van der Waals surface area contributed by atoms with Crippen LogP contribution in [0.2, 0.25) is 0 Å². The van der Waals surface area contributed by atoms with Crippen LogP contribution in [0.4, 0.5) is 17.6 Å². The van der Waals surface area contributed by atoms with Gasteiger partial charge < -0.3 is 31.7 Å². The van der Waals surface area contributed by atoms with Gasteiger partial charge in [-0.25, -0.2) is 0 Å². The molecule has 0 unspecified atom stereocenters. The molecule has 0 aromatic carbocycles. The fraction of sp³-hybridized carbons (Fsp3) is 0.692. The number of aromatic nitrogens is 2. The number of hydrogen-bond donors (Lipinski definition) is 5. The molecule has 0 spiro atoms. The summed E-state index contributed by atoms with van der Waals surface area (Å²) in [6, 6.07) is 6.16. The van der Waals surface area contributed by atoms with Crippen LogP contribution in [-0.4, -0.2) is 85.5 Å². The summed E-state index contributed by atoms with van der Waals surface area (Å²) in [5.74, 6) is 3.50. The van der Waals surface area contributed by atoms with Gasteiger partial charge in [0.05, 0.1) is 6.61 Å². The van der Waals surface area contributed by atoms with E-state index in [1.165, 1.54) is 37.0 Å². The number of nitrogens with zero attached hydrogens (tertiary/aromatic N) is 4. The molecule has 3 heterocycles. The quantitative estimate of drug-likeness (QED) is 0.241. The van der Waals surface area contributed by atoms with Gasteiger partial charge in [0.1, 0.15) is 11.6 Å². The maximum atomic E-state index is 9.15. The van der Waals surface area contributed by atoms with Crippen LogP contribution in [0.1, 0.15) is 37.0 Å². The molecule has 1 aliphatic carbocycles. The summed E-state index contributed by atoms with van der Waals surface area (Å²) in [5, 5.41) is 21.9. The predicted molar refractivity (Wildman–Crippen MR) is 150 cm³/mol. The third-order valence-corrected chi connectivity index (χ3v) is 8.26. The summed E-state index contributed by atoms with van der Waals surface area (Å²) >= 11 is 1.82. The molecule has 9 nitrogen and oxygen atoms in total. The van der Waals surface area contributed by atoms with Gasteiger partial charge in [0.2, 0.25) is 5.95 Å². The van der Waals surface area contributed by atoms with Gasteiger partial charge in [-0.05, 0) is 75.0 Å². The van der Waals surface area contributed by atoms with Crippen molar-refractivity contribution in [1.82, 2.24) is 25.5 Å². The number of thiophene rings is 1. The molecule has 0 radical (unpaired) electrons. The van der Waals surface area contributed by atoms with Gasteiger partial charge in [-0.1, -0.05) is 6.07 Å². The molecular weight excluding hydrogens is 472 g/mol. The van der Waals surface area contributed by atoms with Gasteiger partial charge in [-0.3, -0.25) is 4.90 Å². The summed E-state index contributed by atoms with van der Waals surface area (Å²) in [7, 11) is 0. The van der Waals surface area contributed by atoms with E-state index in [0.717, 1.165) is 77.2 Å². The lowest BCUT2D eigenvalue weighted by atomic mass is 9.82. The molecule has 200 valence electrons. The van der Waals surface area contributed by atoms with Crippen molar-refractivity contribution in [3.8, 4) is 0 Å². The van der Waals surface area contributed by atoms with Gasteiger partial charge in [-0.15, -0.1) is 11.3 Å². The van der Waals surface area contributed by atoms with Crippen LogP contribution >= 0.6 is 11.3 Å². The number of β-amino-alcohol motifs (C(OH)–C–C–N with tert-alkyl or cyclic N) is 1. The smallest absolute Gasteiger partial charge is 0.226 e. The Morgan fingerprint density at radius 3 is 2.47 bits per heavy atom. The topological polar surface area (TPSA) is 115 Å². The van der Waals surface area contributed by atoms with Crippen molar-refractivity contribution in [1.29, 1.82) is 0 Å². The molecule has 1 saturated carbocycles. The zero-order chi connectivity index (χ0) is 25.0. The summed E-state index contributed by atoms with van der Waals surface area (Å²) in [4.78, 5) is 15.1. The second-order valence-corrected chi connectivity index (χ2v) is 11.1. The van der Waals surface area contributed by atoms with Gasteiger partial charge >= 0.3 is 0 Å². The van der Waals surface area contributed by atoms with Gasteiger partial charge in [-0.2, -0.15) is 9.97 Å². The lowest BCUT2D eigenvalue weighted by Crippen LogP contribution is -2.47. The van der Waals surface area contributed by atoms with E-state index >= 15 is 0 Å². The Hall–Kier alpha value is -1.98. The van der Waals surface area contributed by atoms with Gasteiger partial charge in [0.25, 0.3) is 0 Å². The Labute approximate surface area is 219 Å². The van der Waals surface area contributed by atoms with Crippen molar-refractivity contribution in [2.75, 3.05) is 81.5 Å². The Kier molecular flexibility index (Phi) is 11.0. The minimum absolute atomic E-state index is 0.210. The zero-order valence-corrected chi connectivity index (χ0v) is 22.3. The third kappa shape index (κ3) is 8.85. The number of piperazine rings is 1. The van der Waals surface area contributed by atoms with E-state index in [-0.39, 0.29) is 6.61 Å². The second-order valence-electron chi connectivity index (χ2n) is 10.1. The molecule has 36 heavy (non-hydrogen) atoms. The first kappa shape index (κ1) is 27.1. The van der Waals surface area contributed by atoms with Crippen molar-refractivity contribution in [3.63, 3.8) is 0 Å². The largest absolute Gasteiger partial charge is 0.395 e. The third-order valence-electron chi connectivity index (χ3n) is 7.38. The summed E-state index contributed by atoms with van der Waals surface area (Å²) < 4.78 is 0. The lowest BCUT2D eigenvalue weighted by molar-refractivity contribution is 0.188. The number of aliphatic hydroxyl groups excluding tert-OH is 1. The van der Waals surface area contributed by atoms with Crippen LogP contribution in [0, 0.1) is 11.8 Å². The molecular formula is C26H44N8OS. The Bertz CT molecular complexity index is 867. The molecule has 2 fully saturated rings. The molecule has 0 bridgehead atoms. The number of aliphatic hydroxyl groups is 1. The molecule has 1 saturated heterocycles. The summed E-state index contributed by atoms with van der Waals surface area (Å²) in [5.41, 5.74) is 6.10. The molecule has 10 heteroatoms. The molecule has 4 rings (SSSR count). The number of hydrogen-bond acceptors (Lipinski definition) is 10. The van der Waals surface area contributed by atoms with E-state index in [9.17, 15) is 0 Å². The van der Waals surface area contributed by atoms with Crippen molar-refractivity contribution < 1.29 is 5.11 Å². The highest BCUT2D eigenvalue weighted by Gasteiger charge is 2.22. The van der Waals surface area contributed by atoms with Crippen molar-refractivity contribution in [2.24, 2.45) is 11.8 Å². The van der Waals surface area contributed by atoms with Gasteiger partial charge in [0, 0.05) is 56.8 Å².